The number of nitrogens with zero attached hydrogens (tertiary/aromatic N) is 1. The lowest BCUT2D eigenvalue weighted by Crippen LogP contribution is -2.29. The number of aromatic nitrogens is 1. The standard InChI is InChI=1S/C20H25BrN2O2/c1-12(2)16-7-6-8-17(13(3)4)19(16)22-18(24)11-23-10-15(21)9-14(5)20(23)25/h6-10,12-13H,11H2,1-5H3,(H,22,24). The summed E-state index contributed by atoms with van der Waals surface area (Å²) < 4.78 is 2.21. The number of para-hydroxylation sites is 1. The minimum atomic E-state index is -0.199. The van der Waals surface area contributed by atoms with Gasteiger partial charge >= 0.3 is 0 Å². The van der Waals surface area contributed by atoms with Crippen LogP contribution in [0.5, 0.6) is 0 Å². The van der Waals surface area contributed by atoms with Crippen LogP contribution in [0, 0.1) is 6.92 Å². The summed E-state index contributed by atoms with van der Waals surface area (Å²) in [5, 5.41) is 3.04. The summed E-state index contributed by atoms with van der Waals surface area (Å²) in [5.74, 6) is 0.393. The zero-order chi connectivity index (χ0) is 18.7. The van der Waals surface area contributed by atoms with E-state index >= 15 is 0 Å². The molecule has 4 nitrogen and oxygen atoms in total. The Kier molecular flexibility index (Phi) is 6.22. The van der Waals surface area contributed by atoms with Crippen molar-refractivity contribution in [1.82, 2.24) is 4.57 Å². The van der Waals surface area contributed by atoms with Gasteiger partial charge in [0.2, 0.25) is 5.91 Å². The van der Waals surface area contributed by atoms with Crippen molar-refractivity contribution in [1.29, 1.82) is 0 Å². The van der Waals surface area contributed by atoms with E-state index in [4.69, 9.17) is 0 Å². The van der Waals surface area contributed by atoms with E-state index in [9.17, 15) is 9.59 Å². The van der Waals surface area contributed by atoms with Gasteiger partial charge in [0.25, 0.3) is 5.56 Å². The Hall–Kier alpha value is -1.88. The average molecular weight is 405 g/mol. The van der Waals surface area contributed by atoms with E-state index in [1.807, 2.05) is 18.2 Å². The third kappa shape index (κ3) is 4.60. The van der Waals surface area contributed by atoms with E-state index in [2.05, 4.69) is 48.9 Å². The summed E-state index contributed by atoms with van der Waals surface area (Å²) in [6.07, 6.45) is 1.65. The minimum Gasteiger partial charge on any atom is -0.324 e. The van der Waals surface area contributed by atoms with Gasteiger partial charge in [-0.3, -0.25) is 9.59 Å². The zero-order valence-electron chi connectivity index (χ0n) is 15.4. The Labute approximate surface area is 157 Å². The van der Waals surface area contributed by atoms with E-state index in [0.29, 0.717) is 17.4 Å². The number of hydrogen-bond donors (Lipinski definition) is 1. The number of nitrogens with one attached hydrogen (secondary N) is 1. The van der Waals surface area contributed by atoms with Crippen LogP contribution < -0.4 is 10.9 Å². The molecule has 1 N–H and O–H groups in total. The van der Waals surface area contributed by atoms with Crippen LogP contribution in [0.4, 0.5) is 5.69 Å². The number of benzene rings is 1. The molecular weight excluding hydrogens is 380 g/mol. The molecule has 134 valence electrons. The highest BCUT2D eigenvalue weighted by Crippen LogP contribution is 2.32. The molecule has 1 aromatic carbocycles. The van der Waals surface area contributed by atoms with Crippen molar-refractivity contribution in [2.45, 2.75) is 53.0 Å². The summed E-state index contributed by atoms with van der Waals surface area (Å²) in [6, 6.07) is 7.87. The Bertz CT molecular complexity index is 812. The van der Waals surface area contributed by atoms with Crippen LogP contribution >= 0.6 is 15.9 Å². The van der Waals surface area contributed by atoms with Gasteiger partial charge in [0.05, 0.1) is 0 Å². The lowest BCUT2D eigenvalue weighted by atomic mass is 9.92. The highest BCUT2D eigenvalue weighted by Gasteiger charge is 2.16. The molecule has 5 heteroatoms. The molecule has 0 spiro atoms. The number of aryl methyl sites for hydroxylation is 1. The first kappa shape index (κ1) is 19.4. The first-order chi connectivity index (χ1) is 11.7. The Morgan fingerprint density at radius 3 is 2.24 bits per heavy atom. The second-order valence-corrected chi connectivity index (χ2v) is 7.86. The second-order valence-electron chi connectivity index (χ2n) is 6.94. The van der Waals surface area contributed by atoms with Crippen LogP contribution in [-0.2, 0) is 11.3 Å². The van der Waals surface area contributed by atoms with Crippen molar-refractivity contribution >= 4 is 27.5 Å². The highest BCUT2D eigenvalue weighted by molar-refractivity contribution is 9.10. The predicted octanol–water partition coefficient (Wildman–Crippen LogP) is 4.80. The van der Waals surface area contributed by atoms with Crippen LogP contribution in [0.1, 0.15) is 56.2 Å². The van der Waals surface area contributed by atoms with Gasteiger partial charge in [0, 0.05) is 21.9 Å². The average Bonchev–Trinajstić information content (AvgIpc) is 2.51. The molecular formula is C20H25BrN2O2. The van der Waals surface area contributed by atoms with E-state index in [1.165, 1.54) is 4.57 Å². The fourth-order valence-corrected chi connectivity index (χ4v) is 3.48. The fourth-order valence-electron chi connectivity index (χ4n) is 2.89. The number of anilines is 1. The lowest BCUT2D eigenvalue weighted by molar-refractivity contribution is -0.116. The second kappa shape index (κ2) is 8.00. The van der Waals surface area contributed by atoms with E-state index in [0.717, 1.165) is 21.3 Å². The molecule has 2 aromatic rings. The minimum absolute atomic E-state index is 0.0108. The SMILES string of the molecule is Cc1cc(Br)cn(CC(=O)Nc2c(C(C)C)cccc2C(C)C)c1=O. The van der Waals surface area contributed by atoms with Crippen LogP contribution in [0.2, 0.25) is 0 Å². The molecule has 0 aliphatic heterocycles. The van der Waals surface area contributed by atoms with Crippen LogP contribution in [-0.4, -0.2) is 10.5 Å². The van der Waals surface area contributed by atoms with Gasteiger partial charge in [-0.1, -0.05) is 45.9 Å². The topological polar surface area (TPSA) is 51.1 Å². The monoisotopic (exact) mass is 404 g/mol. The normalized spacial score (nSPS) is 11.2. The summed E-state index contributed by atoms with van der Waals surface area (Å²) >= 11 is 3.37. The Morgan fingerprint density at radius 2 is 1.72 bits per heavy atom. The largest absolute Gasteiger partial charge is 0.324 e. The van der Waals surface area contributed by atoms with Gasteiger partial charge in [0.1, 0.15) is 6.54 Å². The van der Waals surface area contributed by atoms with Crippen LogP contribution in [0.25, 0.3) is 0 Å². The molecule has 0 aliphatic rings. The summed E-state index contributed by atoms with van der Waals surface area (Å²) in [4.78, 5) is 24.8. The zero-order valence-corrected chi connectivity index (χ0v) is 17.0. The van der Waals surface area contributed by atoms with Gasteiger partial charge < -0.3 is 9.88 Å². The summed E-state index contributed by atoms with van der Waals surface area (Å²) in [7, 11) is 0. The van der Waals surface area contributed by atoms with Gasteiger partial charge in [-0.25, -0.2) is 0 Å². The Morgan fingerprint density at radius 1 is 1.16 bits per heavy atom. The summed E-state index contributed by atoms with van der Waals surface area (Å²) in [5.41, 5.74) is 3.54. The molecule has 1 aromatic heterocycles. The maximum atomic E-state index is 12.6. The van der Waals surface area contributed by atoms with Crippen molar-refractivity contribution in [2.75, 3.05) is 5.32 Å². The van der Waals surface area contributed by atoms with Crippen molar-refractivity contribution in [2.24, 2.45) is 0 Å². The number of pyridine rings is 1. The molecule has 0 saturated heterocycles. The van der Waals surface area contributed by atoms with E-state index in [1.54, 1.807) is 19.2 Å². The quantitative estimate of drug-likeness (QED) is 0.777. The smallest absolute Gasteiger partial charge is 0.253 e. The number of hydrogen-bond acceptors (Lipinski definition) is 2. The number of carbonyl (C=O) groups excluding carboxylic acids is 1. The van der Waals surface area contributed by atoms with Gasteiger partial charge in [0.15, 0.2) is 0 Å². The maximum absolute atomic E-state index is 12.6. The highest BCUT2D eigenvalue weighted by atomic mass is 79.9. The third-order valence-corrected chi connectivity index (χ3v) is 4.62. The molecule has 1 heterocycles. The molecule has 25 heavy (non-hydrogen) atoms. The number of halogens is 1. The predicted molar refractivity (Wildman–Crippen MR) is 106 cm³/mol. The van der Waals surface area contributed by atoms with Crippen molar-refractivity contribution in [3.05, 3.63) is 62.0 Å². The van der Waals surface area contributed by atoms with Crippen molar-refractivity contribution < 1.29 is 4.79 Å². The van der Waals surface area contributed by atoms with E-state index < -0.39 is 0 Å². The molecule has 1 amide bonds. The van der Waals surface area contributed by atoms with Gasteiger partial charge in [-0.15, -0.1) is 0 Å². The molecule has 0 saturated carbocycles. The number of amides is 1. The van der Waals surface area contributed by atoms with Crippen molar-refractivity contribution in [3.63, 3.8) is 0 Å². The van der Waals surface area contributed by atoms with Crippen molar-refractivity contribution in [3.8, 4) is 0 Å². The van der Waals surface area contributed by atoms with Crippen LogP contribution in [0.3, 0.4) is 0 Å². The Balaban J connectivity index is 2.34. The maximum Gasteiger partial charge on any atom is 0.253 e. The molecule has 0 bridgehead atoms. The fraction of sp³-hybridized carbons (Fsp3) is 0.400. The molecule has 2 rings (SSSR count). The first-order valence-electron chi connectivity index (χ1n) is 8.50. The number of carbonyl (C=O) groups is 1. The molecule has 0 unspecified atom stereocenters. The van der Waals surface area contributed by atoms with Gasteiger partial charge in [-0.2, -0.15) is 0 Å². The first-order valence-corrected chi connectivity index (χ1v) is 9.29. The number of rotatable bonds is 5. The molecule has 0 atom stereocenters. The molecule has 0 radical (unpaired) electrons. The summed E-state index contributed by atoms with van der Waals surface area (Å²) in [6.45, 7) is 10.2. The van der Waals surface area contributed by atoms with E-state index in [-0.39, 0.29) is 18.0 Å². The molecule has 0 fully saturated rings. The van der Waals surface area contributed by atoms with Gasteiger partial charge in [-0.05, 0) is 51.9 Å². The molecule has 0 aliphatic carbocycles. The lowest BCUT2D eigenvalue weighted by Gasteiger charge is -2.20. The van der Waals surface area contributed by atoms with Crippen LogP contribution in [0.15, 0.2) is 39.7 Å². The third-order valence-electron chi connectivity index (χ3n) is 4.18.